The molecule has 1 aromatic carbocycles. The molecule has 0 spiro atoms. The second-order valence-electron chi connectivity index (χ2n) is 7.98. The average molecular weight is 367 g/mol. The Morgan fingerprint density at radius 3 is 2.48 bits per heavy atom. The van der Waals surface area contributed by atoms with Crippen LogP contribution >= 0.6 is 0 Å². The van der Waals surface area contributed by atoms with E-state index in [4.69, 9.17) is 9.72 Å². The number of aryl methyl sites for hydroxylation is 1. The Morgan fingerprint density at radius 1 is 1.19 bits per heavy atom. The Bertz CT molecular complexity index is 775. The van der Waals surface area contributed by atoms with Crippen LogP contribution < -0.4 is 0 Å². The number of carbonyl (C=O) groups is 1. The summed E-state index contributed by atoms with van der Waals surface area (Å²) >= 11 is 0. The smallest absolute Gasteiger partial charge is 0.254 e. The number of nitrogens with zero attached hydrogens (tertiary/aromatic N) is 2. The van der Waals surface area contributed by atoms with E-state index in [1.807, 2.05) is 24.9 Å². The largest absolute Gasteiger partial charge is 0.369 e. The van der Waals surface area contributed by atoms with Gasteiger partial charge < -0.3 is 9.64 Å². The third-order valence-electron chi connectivity index (χ3n) is 5.73. The fourth-order valence-electron chi connectivity index (χ4n) is 3.66. The standard InChI is InChI=1S/C23H30N2O2/c1-17-7-5-6-8-20(17)15-18-9-10-21(24-16-18)19-11-13-25(14-12-19)22(26)23(2,3)27-4/h5-10,16,19H,11-15H2,1-4H3. The number of rotatable bonds is 5. The predicted octanol–water partition coefficient (Wildman–Crippen LogP) is 4.11. The molecule has 4 nitrogen and oxygen atoms in total. The molecule has 0 atom stereocenters. The molecule has 3 rings (SSSR count). The minimum Gasteiger partial charge on any atom is -0.369 e. The number of hydrogen-bond acceptors (Lipinski definition) is 3. The minimum atomic E-state index is -0.748. The van der Waals surface area contributed by atoms with Crippen molar-refractivity contribution in [3.05, 3.63) is 65.0 Å². The van der Waals surface area contributed by atoms with Crippen LogP contribution in [-0.4, -0.2) is 41.6 Å². The lowest BCUT2D eigenvalue weighted by atomic mass is 9.91. The summed E-state index contributed by atoms with van der Waals surface area (Å²) in [5.41, 5.74) is 4.30. The van der Waals surface area contributed by atoms with Gasteiger partial charge in [-0.05, 0) is 62.8 Å². The summed E-state index contributed by atoms with van der Waals surface area (Å²) < 4.78 is 5.33. The third kappa shape index (κ3) is 4.56. The number of pyridine rings is 1. The van der Waals surface area contributed by atoms with E-state index < -0.39 is 5.60 Å². The summed E-state index contributed by atoms with van der Waals surface area (Å²) in [5, 5.41) is 0. The Balaban J connectivity index is 1.59. The van der Waals surface area contributed by atoms with E-state index in [2.05, 4.69) is 43.3 Å². The van der Waals surface area contributed by atoms with Gasteiger partial charge in [-0.2, -0.15) is 0 Å². The number of piperidine rings is 1. The fraction of sp³-hybridized carbons (Fsp3) is 0.478. The number of likely N-dealkylation sites (tertiary alicyclic amines) is 1. The van der Waals surface area contributed by atoms with Crippen LogP contribution in [0.25, 0.3) is 0 Å². The third-order valence-corrected chi connectivity index (χ3v) is 5.73. The first-order valence-electron chi connectivity index (χ1n) is 9.74. The van der Waals surface area contributed by atoms with Crippen molar-refractivity contribution in [2.24, 2.45) is 0 Å². The summed E-state index contributed by atoms with van der Waals surface area (Å²) in [6.45, 7) is 7.34. The zero-order valence-electron chi connectivity index (χ0n) is 16.9. The SMILES string of the molecule is COC(C)(C)C(=O)N1CCC(c2ccc(Cc3ccccc3C)cn2)CC1. The summed E-state index contributed by atoms with van der Waals surface area (Å²) in [4.78, 5) is 19.2. The number of benzene rings is 1. The van der Waals surface area contributed by atoms with Gasteiger partial charge in [0, 0.05) is 38.0 Å². The van der Waals surface area contributed by atoms with Gasteiger partial charge in [0.05, 0.1) is 0 Å². The van der Waals surface area contributed by atoms with E-state index in [0.29, 0.717) is 5.92 Å². The molecule has 1 amide bonds. The molecule has 0 bridgehead atoms. The molecule has 0 unspecified atom stereocenters. The normalized spacial score (nSPS) is 15.8. The van der Waals surface area contributed by atoms with Gasteiger partial charge in [0.1, 0.15) is 5.60 Å². The monoisotopic (exact) mass is 366 g/mol. The van der Waals surface area contributed by atoms with E-state index in [-0.39, 0.29) is 5.91 Å². The van der Waals surface area contributed by atoms with Crippen molar-refractivity contribution in [3.63, 3.8) is 0 Å². The highest BCUT2D eigenvalue weighted by Crippen LogP contribution is 2.28. The van der Waals surface area contributed by atoms with E-state index in [1.165, 1.54) is 16.7 Å². The minimum absolute atomic E-state index is 0.0741. The Morgan fingerprint density at radius 2 is 1.89 bits per heavy atom. The van der Waals surface area contributed by atoms with Crippen molar-refractivity contribution in [1.82, 2.24) is 9.88 Å². The predicted molar refractivity (Wildman–Crippen MR) is 108 cm³/mol. The zero-order valence-corrected chi connectivity index (χ0v) is 16.9. The topological polar surface area (TPSA) is 42.4 Å². The molecule has 1 fully saturated rings. The van der Waals surface area contributed by atoms with Crippen LogP contribution in [0.5, 0.6) is 0 Å². The van der Waals surface area contributed by atoms with Crippen LogP contribution in [-0.2, 0) is 16.0 Å². The van der Waals surface area contributed by atoms with Crippen molar-refractivity contribution in [3.8, 4) is 0 Å². The molecule has 0 N–H and O–H groups in total. The van der Waals surface area contributed by atoms with Crippen LogP contribution in [0.2, 0.25) is 0 Å². The number of hydrogen-bond donors (Lipinski definition) is 0. The number of carbonyl (C=O) groups excluding carboxylic acids is 1. The van der Waals surface area contributed by atoms with Crippen molar-refractivity contribution < 1.29 is 9.53 Å². The maximum atomic E-state index is 12.5. The first-order valence-corrected chi connectivity index (χ1v) is 9.74. The van der Waals surface area contributed by atoms with Crippen molar-refractivity contribution >= 4 is 5.91 Å². The van der Waals surface area contributed by atoms with Crippen molar-refractivity contribution in [1.29, 1.82) is 0 Å². The van der Waals surface area contributed by atoms with Gasteiger partial charge >= 0.3 is 0 Å². The molecule has 0 radical (unpaired) electrons. The molecule has 144 valence electrons. The molecule has 27 heavy (non-hydrogen) atoms. The molecular weight excluding hydrogens is 336 g/mol. The lowest BCUT2D eigenvalue weighted by molar-refractivity contribution is -0.152. The Hall–Kier alpha value is -2.20. The molecule has 2 aromatic rings. The first kappa shape index (κ1) is 19.6. The van der Waals surface area contributed by atoms with Gasteiger partial charge in [-0.15, -0.1) is 0 Å². The second kappa shape index (κ2) is 8.22. The maximum Gasteiger partial charge on any atom is 0.254 e. The summed E-state index contributed by atoms with van der Waals surface area (Å²) in [6, 6.07) is 12.8. The molecule has 0 aliphatic carbocycles. The summed E-state index contributed by atoms with van der Waals surface area (Å²) in [6.07, 6.45) is 4.83. The van der Waals surface area contributed by atoms with Crippen LogP contribution in [0.3, 0.4) is 0 Å². The van der Waals surface area contributed by atoms with Gasteiger partial charge in [-0.25, -0.2) is 0 Å². The molecule has 1 aliphatic heterocycles. The second-order valence-corrected chi connectivity index (χ2v) is 7.98. The van der Waals surface area contributed by atoms with E-state index in [9.17, 15) is 4.79 Å². The van der Waals surface area contributed by atoms with Gasteiger partial charge in [-0.3, -0.25) is 9.78 Å². The highest BCUT2D eigenvalue weighted by Gasteiger charge is 2.34. The van der Waals surface area contributed by atoms with Gasteiger partial charge in [0.25, 0.3) is 5.91 Å². The molecule has 0 saturated carbocycles. The van der Waals surface area contributed by atoms with E-state index in [1.54, 1.807) is 7.11 Å². The van der Waals surface area contributed by atoms with Crippen LogP contribution in [0.1, 0.15) is 55.0 Å². The molecule has 1 saturated heterocycles. The molecule has 1 aliphatic rings. The lowest BCUT2D eigenvalue weighted by Crippen LogP contribution is -2.49. The number of aromatic nitrogens is 1. The highest BCUT2D eigenvalue weighted by atomic mass is 16.5. The lowest BCUT2D eigenvalue weighted by Gasteiger charge is -2.36. The van der Waals surface area contributed by atoms with Gasteiger partial charge in [0.15, 0.2) is 0 Å². The van der Waals surface area contributed by atoms with E-state index in [0.717, 1.165) is 38.0 Å². The van der Waals surface area contributed by atoms with Crippen LogP contribution in [0.4, 0.5) is 0 Å². The molecule has 4 heteroatoms. The fourth-order valence-corrected chi connectivity index (χ4v) is 3.66. The quantitative estimate of drug-likeness (QED) is 0.800. The van der Waals surface area contributed by atoms with Gasteiger partial charge in [0.2, 0.25) is 0 Å². The average Bonchev–Trinajstić information content (AvgIpc) is 2.70. The number of ether oxygens (including phenoxy) is 1. The van der Waals surface area contributed by atoms with Gasteiger partial charge in [-0.1, -0.05) is 30.3 Å². The van der Waals surface area contributed by atoms with E-state index >= 15 is 0 Å². The molecular formula is C23H30N2O2. The number of amides is 1. The Kier molecular flexibility index (Phi) is 5.95. The van der Waals surface area contributed by atoms with Crippen molar-refractivity contribution in [2.45, 2.75) is 51.6 Å². The summed E-state index contributed by atoms with van der Waals surface area (Å²) in [7, 11) is 1.59. The zero-order chi connectivity index (χ0) is 19.4. The highest BCUT2D eigenvalue weighted by molar-refractivity contribution is 5.84. The maximum absolute atomic E-state index is 12.5. The molecule has 2 heterocycles. The first-order chi connectivity index (χ1) is 12.9. The summed E-state index contributed by atoms with van der Waals surface area (Å²) in [5.74, 6) is 0.497. The Labute approximate surface area is 162 Å². The van der Waals surface area contributed by atoms with Crippen LogP contribution in [0, 0.1) is 6.92 Å². The molecule has 1 aromatic heterocycles. The van der Waals surface area contributed by atoms with Crippen LogP contribution in [0.15, 0.2) is 42.6 Å². The van der Waals surface area contributed by atoms with Crippen molar-refractivity contribution in [2.75, 3.05) is 20.2 Å². The number of methoxy groups -OCH3 is 1.